The minimum atomic E-state index is -4.12. The molecule has 0 aromatic heterocycles. The van der Waals surface area contributed by atoms with Crippen molar-refractivity contribution < 1.29 is 65.9 Å². The van der Waals surface area contributed by atoms with Crippen molar-refractivity contribution in [2.75, 3.05) is 26.4 Å². The number of hydrogen-bond donors (Lipinski definition) is 0. The summed E-state index contributed by atoms with van der Waals surface area (Å²) in [5.41, 5.74) is 0.167. The van der Waals surface area contributed by atoms with Crippen LogP contribution >= 0.6 is 0 Å². The molecule has 0 unspecified atom stereocenters. The van der Waals surface area contributed by atoms with Gasteiger partial charge in [-0.2, -0.15) is 0 Å². The molecule has 3 aromatic rings. The van der Waals surface area contributed by atoms with Crippen molar-refractivity contribution in [1.82, 2.24) is 0 Å². The van der Waals surface area contributed by atoms with E-state index in [1.165, 1.54) is 48.5 Å². The number of hydrogen-bond acceptors (Lipinski definition) is 12. The standard InChI is InChI=1S/C35H32F2O12/c1-3-29(38)44-21-7-5-19-42-25-13-9-23(10-14-25)33(40)46-27-17-18-28(32-31(27)48-35(36,37)49-32)47-34(41)24-11-15-26(16-12-24)43-20-6-8-22-45-30(39)4-2/h3-4,9-18H,1-2,5-8,19-22H2. The molecule has 0 fully saturated rings. The number of unbranched alkanes of at least 4 members (excludes halogenated alkanes) is 2. The van der Waals surface area contributed by atoms with E-state index in [4.69, 9.17) is 28.4 Å². The first-order valence-electron chi connectivity index (χ1n) is 15.0. The zero-order chi connectivity index (χ0) is 35.2. The summed E-state index contributed by atoms with van der Waals surface area (Å²) in [5.74, 6) is -3.90. The number of alkyl halides is 2. The quantitative estimate of drug-likeness (QED) is 0.0650. The van der Waals surface area contributed by atoms with Gasteiger partial charge in [0, 0.05) is 12.2 Å². The molecule has 1 aliphatic rings. The number of carbonyl (C=O) groups excluding carboxylic acids is 4. The van der Waals surface area contributed by atoms with Gasteiger partial charge in [0.2, 0.25) is 11.5 Å². The van der Waals surface area contributed by atoms with E-state index in [0.29, 0.717) is 50.4 Å². The lowest BCUT2D eigenvalue weighted by Gasteiger charge is -2.11. The SMILES string of the molecule is C=CC(=O)OCCCCOc1ccc(C(=O)Oc2ccc(OC(=O)c3ccc(OCCCCOC(=O)C=C)cc3)c3c2OC(F)(F)O3)cc1. The third-order valence-electron chi connectivity index (χ3n) is 6.50. The minimum absolute atomic E-state index is 0.0834. The number of ether oxygens (including phenoxy) is 8. The summed E-state index contributed by atoms with van der Waals surface area (Å²) in [5, 5.41) is 0. The van der Waals surface area contributed by atoms with E-state index in [1.54, 1.807) is 0 Å². The van der Waals surface area contributed by atoms with E-state index in [0.717, 1.165) is 24.3 Å². The van der Waals surface area contributed by atoms with Crippen LogP contribution in [0.15, 0.2) is 86.0 Å². The molecular weight excluding hydrogens is 650 g/mol. The van der Waals surface area contributed by atoms with Gasteiger partial charge in [-0.3, -0.25) is 0 Å². The van der Waals surface area contributed by atoms with Gasteiger partial charge in [-0.05, 0) is 86.3 Å². The second-order valence-electron chi connectivity index (χ2n) is 10.1. The maximum absolute atomic E-state index is 14.1. The Morgan fingerprint density at radius 3 is 1.33 bits per heavy atom. The fraction of sp³-hybridized carbons (Fsp3) is 0.257. The minimum Gasteiger partial charge on any atom is -0.494 e. The Bertz CT molecular complexity index is 1530. The van der Waals surface area contributed by atoms with E-state index in [-0.39, 0.29) is 24.3 Å². The third kappa shape index (κ3) is 10.8. The van der Waals surface area contributed by atoms with Crippen molar-refractivity contribution in [2.24, 2.45) is 0 Å². The lowest BCUT2D eigenvalue weighted by atomic mass is 10.2. The van der Waals surface area contributed by atoms with Gasteiger partial charge in [0.15, 0.2) is 11.5 Å². The predicted octanol–water partition coefficient (Wildman–Crippen LogP) is 6.22. The summed E-state index contributed by atoms with van der Waals surface area (Å²) in [6, 6.07) is 14.1. The van der Waals surface area contributed by atoms with Crippen LogP contribution in [0.5, 0.6) is 34.5 Å². The van der Waals surface area contributed by atoms with Gasteiger partial charge in [-0.15, -0.1) is 8.78 Å². The zero-order valence-electron chi connectivity index (χ0n) is 26.2. The van der Waals surface area contributed by atoms with Gasteiger partial charge in [0.1, 0.15) is 11.5 Å². The summed E-state index contributed by atoms with van der Waals surface area (Å²) < 4.78 is 69.0. The molecule has 0 radical (unpaired) electrons. The Balaban J connectivity index is 1.31. The van der Waals surface area contributed by atoms with E-state index in [1.807, 2.05) is 0 Å². The Kier molecular flexibility index (Phi) is 12.7. The van der Waals surface area contributed by atoms with Gasteiger partial charge in [-0.25, -0.2) is 19.2 Å². The summed E-state index contributed by atoms with van der Waals surface area (Å²) in [7, 11) is 0. The van der Waals surface area contributed by atoms with Crippen LogP contribution in [0.2, 0.25) is 0 Å². The number of fused-ring (bicyclic) bond motifs is 1. The molecular formula is C35H32F2O12. The van der Waals surface area contributed by atoms with Crippen LogP contribution in [0.4, 0.5) is 8.78 Å². The van der Waals surface area contributed by atoms with Crippen LogP contribution in [0, 0.1) is 0 Å². The highest BCUT2D eigenvalue weighted by Crippen LogP contribution is 2.52. The molecule has 0 N–H and O–H groups in total. The van der Waals surface area contributed by atoms with E-state index >= 15 is 0 Å². The molecule has 1 heterocycles. The van der Waals surface area contributed by atoms with Crippen molar-refractivity contribution in [3.8, 4) is 34.5 Å². The van der Waals surface area contributed by atoms with Crippen molar-refractivity contribution in [2.45, 2.75) is 32.0 Å². The lowest BCUT2D eigenvalue weighted by Crippen LogP contribution is -2.26. The molecule has 1 aliphatic heterocycles. The highest BCUT2D eigenvalue weighted by atomic mass is 19.3. The molecule has 3 aromatic carbocycles. The van der Waals surface area contributed by atoms with E-state index in [9.17, 15) is 28.0 Å². The Morgan fingerprint density at radius 1 is 0.592 bits per heavy atom. The number of benzene rings is 3. The van der Waals surface area contributed by atoms with Crippen molar-refractivity contribution in [1.29, 1.82) is 0 Å². The molecule has 0 saturated heterocycles. The smallest absolute Gasteiger partial charge is 0.494 e. The molecule has 49 heavy (non-hydrogen) atoms. The van der Waals surface area contributed by atoms with Crippen LogP contribution in [-0.4, -0.2) is 56.6 Å². The van der Waals surface area contributed by atoms with Crippen molar-refractivity contribution >= 4 is 23.9 Å². The van der Waals surface area contributed by atoms with Gasteiger partial charge in [-0.1, -0.05) is 13.2 Å². The van der Waals surface area contributed by atoms with Crippen molar-refractivity contribution in [3.05, 3.63) is 97.1 Å². The molecule has 4 rings (SSSR count). The molecule has 0 saturated carbocycles. The van der Waals surface area contributed by atoms with Crippen LogP contribution in [-0.2, 0) is 19.1 Å². The molecule has 258 valence electrons. The highest BCUT2D eigenvalue weighted by Gasteiger charge is 2.47. The van der Waals surface area contributed by atoms with E-state index in [2.05, 4.69) is 22.6 Å². The van der Waals surface area contributed by atoms with Gasteiger partial charge in [0.25, 0.3) is 0 Å². The molecule has 0 aliphatic carbocycles. The summed E-state index contributed by atoms with van der Waals surface area (Å²) in [6.07, 6.45) is 0.433. The maximum Gasteiger partial charge on any atom is 0.586 e. The monoisotopic (exact) mass is 682 g/mol. The van der Waals surface area contributed by atoms with E-state index < -0.39 is 53.2 Å². The molecule has 0 bridgehead atoms. The van der Waals surface area contributed by atoms with Crippen LogP contribution in [0.25, 0.3) is 0 Å². The normalized spacial score (nSPS) is 12.3. The molecule has 12 nitrogen and oxygen atoms in total. The second-order valence-corrected chi connectivity index (χ2v) is 10.1. The number of carbonyl (C=O) groups is 4. The number of rotatable bonds is 18. The average molecular weight is 683 g/mol. The lowest BCUT2D eigenvalue weighted by molar-refractivity contribution is -0.287. The second kappa shape index (κ2) is 17.3. The molecule has 0 spiro atoms. The fourth-order valence-electron chi connectivity index (χ4n) is 4.08. The largest absolute Gasteiger partial charge is 0.586 e. The van der Waals surface area contributed by atoms with Gasteiger partial charge >= 0.3 is 30.2 Å². The Morgan fingerprint density at radius 2 is 0.959 bits per heavy atom. The third-order valence-corrected chi connectivity index (χ3v) is 6.50. The first-order chi connectivity index (χ1) is 23.6. The highest BCUT2D eigenvalue weighted by molar-refractivity contribution is 5.93. The molecule has 0 atom stereocenters. The summed E-state index contributed by atoms with van der Waals surface area (Å²) in [6.45, 7) is 7.77. The first kappa shape index (κ1) is 35.9. The van der Waals surface area contributed by atoms with Crippen LogP contribution in [0.1, 0.15) is 46.4 Å². The maximum atomic E-state index is 14.1. The van der Waals surface area contributed by atoms with Crippen LogP contribution in [0.3, 0.4) is 0 Å². The first-order valence-corrected chi connectivity index (χ1v) is 15.0. The number of halogens is 2. The summed E-state index contributed by atoms with van der Waals surface area (Å²) >= 11 is 0. The van der Waals surface area contributed by atoms with Gasteiger partial charge < -0.3 is 37.9 Å². The zero-order valence-corrected chi connectivity index (χ0v) is 26.2. The van der Waals surface area contributed by atoms with Crippen molar-refractivity contribution in [3.63, 3.8) is 0 Å². The Labute approximate surface area is 279 Å². The molecule has 14 heteroatoms. The summed E-state index contributed by atoms with van der Waals surface area (Å²) in [4.78, 5) is 47.7. The van der Waals surface area contributed by atoms with Crippen LogP contribution < -0.4 is 28.4 Å². The Hall–Kier alpha value is -5.92. The predicted molar refractivity (Wildman–Crippen MR) is 167 cm³/mol. The van der Waals surface area contributed by atoms with Gasteiger partial charge in [0.05, 0.1) is 37.6 Å². The topological polar surface area (TPSA) is 142 Å². The fourth-order valence-corrected chi connectivity index (χ4v) is 4.08. The number of esters is 4. The average Bonchev–Trinajstić information content (AvgIpc) is 3.44. The molecule has 0 amide bonds.